The number of rotatable bonds is 7. The molecule has 3 atom stereocenters. The summed E-state index contributed by atoms with van der Waals surface area (Å²) in [6, 6.07) is 7.80. The molecule has 4 aromatic rings. The fourth-order valence-corrected chi connectivity index (χ4v) is 7.64. The van der Waals surface area contributed by atoms with Crippen molar-refractivity contribution in [3.8, 4) is 23.2 Å². The highest BCUT2D eigenvalue weighted by Crippen LogP contribution is 2.54. The second-order valence-electron chi connectivity index (χ2n) is 12.4. The maximum atomic E-state index is 12.3. The van der Waals surface area contributed by atoms with Crippen LogP contribution in [0.1, 0.15) is 77.5 Å². The van der Waals surface area contributed by atoms with Gasteiger partial charge in [0.25, 0.3) is 5.91 Å². The molecule has 45 heavy (non-hydrogen) atoms. The highest BCUT2D eigenvalue weighted by atomic mass is 16.5. The molecule has 0 saturated carbocycles. The Kier molecular flexibility index (Phi) is 7.39. The molecule has 1 aliphatic heterocycles. The molecule has 1 fully saturated rings. The van der Waals surface area contributed by atoms with Crippen LogP contribution in [-0.2, 0) is 18.3 Å². The monoisotopic (exact) mass is 609 g/mol. The van der Waals surface area contributed by atoms with Crippen LogP contribution in [0.15, 0.2) is 40.0 Å². The lowest BCUT2D eigenvalue weighted by Crippen LogP contribution is -2.38. The SMILES string of the molecule is CN=Cc1c(N)ccc2c1[C@]1(CCCc3c(-c4nc(O[C@@H](C)[C@@H]5CCCN5C)cc(-n5ccc(C(=O)NC)n5)n4)noc31)CC2. The lowest BCUT2D eigenvalue weighted by atomic mass is 9.68. The van der Waals surface area contributed by atoms with Gasteiger partial charge in [-0.05, 0) is 88.7 Å². The Labute approximate surface area is 262 Å². The van der Waals surface area contributed by atoms with Gasteiger partial charge in [-0.15, -0.1) is 0 Å². The van der Waals surface area contributed by atoms with Gasteiger partial charge in [0.1, 0.15) is 6.10 Å². The van der Waals surface area contributed by atoms with Crippen molar-refractivity contribution in [2.24, 2.45) is 4.99 Å². The molecule has 12 nitrogen and oxygen atoms in total. The average molecular weight is 610 g/mol. The van der Waals surface area contributed by atoms with E-state index in [-0.39, 0.29) is 29.2 Å². The molecule has 4 heterocycles. The second-order valence-corrected chi connectivity index (χ2v) is 12.4. The average Bonchev–Trinajstić information content (AvgIpc) is 3.85. The van der Waals surface area contributed by atoms with Gasteiger partial charge in [0, 0.05) is 55.4 Å². The summed E-state index contributed by atoms with van der Waals surface area (Å²) >= 11 is 0. The standard InChI is InChI=1S/C33H39N9O3/c1-19(25-8-6-15-41(25)4)44-27-17-26(42-16-12-24(39-42)32(43)36-3)37-31(38-27)29-21-7-5-13-33(30(21)45-40-29)14-11-20-9-10-23(34)22(18-35-2)28(20)33/h9-10,12,16-19,25H,5-8,11,13-15,34H2,1-4H3,(H,36,43)/t19-,25-,33-/m0/s1. The lowest BCUT2D eigenvalue weighted by molar-refractivity contribution is 0.0957. The molecule has 1 aromatic carbocycles. The first kappa shape index (κ1) is 29.1. The quantitative estimate of drug-likeness (QED) is 0.236. The van der Waals surface area contributed by atoms with E-state index in [1.165, 1.54) is 11.1 Å². The molecule has 1 spiro atoms. The van der Waals surface area contributed by atoms with Crippen LogP contribution in [0, 0.1) is 0 Å². The van der Waals surface area contributed by atoms with E-state index in [1.807, 2.05) is 12.3 Å². The minimum atomic E-state index is -0.344. The number of nitrogen functional groups attached to an aromatic ring is 1. The Morgan fingerprint density at radius 1 is 1.24 bits per heavy atom. The zero-order valence-corrected chi connectivity index (χ0v) is 26.2. The number of amides is 1. The van der Waals surface area contributed by atoms with Crippen molar-refractivity contribution in [2.45, 2.75) is 69.4 Å². The van der Waals surface area contributed by atoms with E-state index in [0.29, 0.717) is 28.9 Å². The van der Waals surface area contributed by atoms with Crippen molar-refractivity contribution in [1.29, 1.82) is 0 Å². The molecule has 3 aromatic heterocycles. The summed E-state index contributed by atoms with van der Waals surface area (Å²) in [5, 5.41) is 11.7. The van der Waals surface area contributed by atoms with Crippen LogP contribution in [0.4, 0.5) is 5.69 Å². The molecule has 3 aliphatic rings. The Balaban J connectivity index is 1.33. The van der Waals surface area contributed by atoms with Crippen molar-refractivity contribution in [3.05, 3.63) is 64.2 Å². The van der Waals surface area contributed by atoms with E-state index in [4.69, 9.17) is 25.0 Å². The van der Waals surface area contributed by atoms with Gasteiger partial charge in [0.15, 0.2) is 28.8 Å². The van der Waals surface area contributed by atoms with Gasteiger partial charge in [-0.25, -0.2) is 9.67 Å². The van der Waals surface area contributed by atoms with Crippen LogP contribution >= 0.6 is 0 Å². The number of fused-ring (bicyclic) bond motifs is 4. The summed E-state index contributed by atoms with van der Waals surface area (Å²) in [7, 11) is 5.47. The van der Waals surface area contributed by atoms with Gasteiger partial charge in [-0.3, -0.25) is 14.7 Å². The number of hydrogen-bond acceptors (Lipinski definition) is 10. The predicted molar refractivity (Wildman–Crippen MR) is 170 cm³/mol. The van der Waals surface area contributed by atoms with Gasteiger partial charge >= 0.3 is 0 Å². The molecule has 1 saturated heterocycles. The third-order valence-corrected chi connectivity index (χ3v) is 9.79. The molecule has 0 unspecified atom stereocenters. The lowest BCUT2D eigenvalue weighted by Gasteiger charge is -2.33. The summed E-state index contributed by atoms with van der Waals surface area (Å²) in [5.74, 6) is 1.87. The fourth-order valence-electron chi connectivity index (χ4n) is 7.64. The van der Waals surface area contributed by atoms with Crippen molar-refractivity contribution in [2.75, 3.05) is 33.4 Å². The van der Waals surface area contributed by atoms with Crippen LogP contribution in [0.25, 0.3) is 17.3 Å². The van der Waals surface area contributed by atoms with E-state index in [1.54, 1.807) is 37.1 Å². The van der Waals surface area contributed by atoms with Crippen molar-refractivity contribution in [3.63, 3.8) is 0 Å². The van der Waals surface area contributed by atoms with E-state index in [2.05, 4.69) is 45.5 Å². The highest BCUT2D eigenvalue weighted by molar-refractivity contribution is 5.92. The maximum absolute atomic E-state index is 12.3. The van der Waals surface area contributed by atoms with Gasteiger partial charge in [-0.2, -0.15) is 10.1 Å². The largest absolute Gasteiger partial charge is 0.473 e. The molecule has 7 rings (SSSR count). The van der Waals surface area contributed by atoms with Gasteiger partial charge in [0.05, 0.1) is 5.41 Å². The number of carbonyl (C=O) groups is 1. The Morgan fingerprint density at radius 3 is 2.89 bits per heavy atom. The number of carbonyl (C=O) groups excluding carboxylic acids is 1. The number of aromatic nitrogens is 5. The van der Waals surface area contributed by atoms with Crippen LogP contribution in [0.2, 0.25) is 0 Å². The third kappa shape index (κ3) is 4.87. The zero-order valence-electron chi connectivity index (χ0n) is 26.2. The smallest absolute Gasteiger partial charge is 0.271 e. The van der Waals surface area contributed by atoms with Gasteiger partial charge in [0.2, 0.25) is 5.88 Å². The van der Waals surface area contributed by atoms with Crippen LogP contribution in [-0.4, -0.2) is 81.8 Å². The van der Waals surface area contributed by atoms with E-state index >= 15 is 0 Å². The van der Waals surface area contributed by atoms with Gasteiger partial charge < -0.3 is 20.3 Å². The number of aryl methyl sites for hydroxylation is 1. The molecule has 3 N–H and O–H groups in total. The number of anilines is 1. The molecule has 0 radical (unpaired) electrons. The first-order valence-corrected chi connectivity index (χ1v) is 15.7. The Bertz CT molecular complexity index is 1790. The summed E-state index contributed by atoms with van der Waals surface area (Å²) in [5.41, 5.74) is 12.2. The summed E-state index contributed by atoms with van der Waals surface area (Å²) in [4.78, 5) is 28.7. The molecule has 234 valence electrons. The summed E-state index contributed by atoms with van der Waals surface area (Å²) in [6.07, 6.45) is 10.2. The summed E-state index contributed by atoms with van der Waals surface area (Å²) in [6.45, 7) is 3.12. The van der Waals surface area contributed by atoms with Crippen molar-refractivity contribution in [1.82, 2.24) is 35.1 Å². The van der Waals surface area contributed by atoms with E-state index < -0.39 is 0 Å². The molecule has 12 heteroatoms. The molecular weight excluding hydrogens is 570 g/mol. The minimum absolute atomic E-state index is 0.0965. The van der Waals surface area contributed by atoms with E-state index in [9.17, 15) is 4.79 Å². The normalized spacial score (nSPS) is 21.7. The first-order valence-electron chi connectivity index (χ1n) is 15.7. The molecule has 1 amide bonds. The number of likely N-dealkylation sites (tertiary alicyclic amines) is 1. The van der Waals surface area contributed by atoms with Gasteiger partial charge in [-0.1, -0.05) is 11.2 Å². The van der Waals surface area contributed by atoms with Crippen LogP contribution in [0.3, 0.4) is 0 Å². The first-order chi connectivity index (χ1) is 21.8. The third-order valence-electron chi connectivity index (χ3n) is 9.79. The number of ether oxygens (including phenoxy) is 1. The number of benzene rings is 1. The maximum Gasteiger partial charge on any atom is 0.271 e. The number of nitrogens with one attached hydrogen (secondary N) is 1. The Hall–Kier alpha value is -4.58. The topological polar surface area (TPSA) is 150 Å². The Morgan fingerprint density at radius 2 is 2.11 bits per heavy atom. The number of nitrogens with two attached hydrogens (primary N) is 1. The molecular formula is C33H39N9O3. The number of nitrogens with zero attached hydrogens (tertiary/aromatic N) is 7. The molecule has 2 aliphatic carbocycles. The highest BCUT2D eigenvalue weighted by Gasteiger charge is 2.49. The van der Waals surface area contributed by atoms with E-state index in [0.717, 1.165) is 68.4 Å². The van der Waals surface area contributed by atoms with Crippen LogP contribution in [0.5, 0.6) is 5.88 Å². The molecule has 0 bridgehead atoms. The number of aliphatic imine (C=N–C) groups is 1. The van der Waals surface area contributed by atoms with Crippen LogP contribution < -0.4 is 15.8 Å². The second kappa shape index (κ2) is 11.4. The fraction of sp³-hybridized carbons (Fsp3) is 0.455. The van der Waals surface area contributed by atoms with Crippen molar-refractivity contribution >= 4 is 17.8 Å². The number of likely N-dealkylation sites (N-methyl/N-ethyl adjacent to an activating group) is 1. The number of hydrogen-bond donors (Lipinski definition) is 2. The minimum Gasteiger partial charge on any atom is -0.473 e. The predicted octanol–water partition coefficient (Wildman–Crippen LogP) is 3.74. The zero-order chi connectivity index (χ0) is 31.3. The van der Waals surface area contributed by atoms with Crippen molar-refractivity contribution < 1.29 is 14.1 Å². The summed E-state index contributed by atoms with van der Waals surface area (Å²) < 4.78 is 14.3.